The zero-order chi connectivity index (χ0) is 11.1. The molecule has 3 heteroatoms. The third-order valence-corrected chi connectivity index (χ3v) is 2.71. The van der Waals surface area contributed by atoms with E-state index in [2.05, 4.69) is 36.0 Å². The lowest BCUT2D eigenvalue weighted by molar-refractivity contribution is 0.247. The Hall–Kier alpha value is -0.410. The molecule has 0 aromatic carbocycles. The second kappa shape index (κ2) is 6.96. The van der Waals surface area contributed by atoms with Crippen molar-refractivity contribution in [2.75, 3.05) is 39.3 Å². The quantitative estimate of drug-likeness (QED) is 0.696. The molecule has 0 bridgehead atoms. The van der Waals surface area contributed by atoms with Crippen molar-refractivity contribution in [2.24, 2.45) is 10.9 Å². The van der Waals surface area contributed by atoms with E-state index in [0.717, 1.165) is 38.5 Å². The van der Waals surface area contributed by atoms with E-state index in [0.29, 0.717) is 0 Å². The summed E-state index contributed by atoms with van der Waals surface area (Å²) in [7, 11) is 0. The van der Waals surface area contributed by atoms with Crippen LogP contribution in [0.4, 0.5) is 0 Å². The fourth-order valence-electron chi connectivity index (χ4n) is 1.97. The van der Waals surface area contributed by atoms with E-state index in [4.69, 9.17) is 0 Å². The zero-order valence-electron chi connectivity index (χ0n) is 10.4. The Bertz CT molecular complexity index is 193. The molecular weight excluding hydrogens is 186 g/mol. The van der Waals surface area contributed by atoms with E-state index in [9.17, 15) is 0 Å². The van der Waals surface area contributed by atoms with Gasteiger partial charge >= 0.3 is 0 Å². The number of nitrogens with one attached hydrogen (secondary N) is 1. The molecule has 1 aliphatic heterocycles. The van der Waals surface area contributed by atoms with Crippen LogP contribution >= 0.6 is 0 Å². The molecule has 0 amide bonds. The van der Waals surface area contributed by atoms with Crippen molar-refractivity contribution in [2.45, 2.75) is 27.2 Å². The van der Waals surface area contributed by atoms with Gasteiger partial charge in [0.2, 0.25) is 0 Å². The molecule has 88 valence electrons. The third kappa shape index (κ3) is 5.90. The summed E-state index contributed by atoms with van der Waals surface area (Å²) in [5.74, 6) is 0.730. The van der Waals surface area contributed by atoms with Gasteiger partial charge in [0.05, 0.1) is 6.54 Å². The highest BCUT2D eigenvalue weighted by Crippen LogP contribution is 2.01. The number of aliphatic imine (C=N–C) groups is 1. The van der Waals surface area contributed by atoms with Gasteiger partial charge in [-0.2, -0.15) is 0 Å². The summed E-state index contributed by atoms with van der Waals surface area (Å²) in [4.78, 5) is 7.10. The van der Waals surface area contributed by atoms with Gasteiger partial charge in [0.15, 0.2) is 0 Å². The average molecular weight is 211 g/mol. The van der Waals surface area contributed by atoms with Crippen LogP contribution in [0.1, 0.15) is 27.2 Å². The minimum absolute atomic E-state index is 0.730. The Labute approximate surface area is 94.0 Å². The van der Waals surface area contributed by atoms with Gasteiger partial charge in [-0.15, -0.1) is 0 Å². The summed E-state index contributed by atoms with van der Waals surface area (Å²) in [6.07, 6.45) is 1.14. The molecule has 1 N–H and O–H groups in total. The van der Waals surface area contributed by atoms with Gasteiger partial charge < -0.3 is 5.32 Å². The third-order valence-electron chi connectivity index (χ3n) is 2.71. The lowest BCUT2D eigenvalue weighted by Gasteiger charge is -2.26. The largest absolute Gasteiger partial charge is 0.314 e. The predicted molar refractivity (Wildman–Crippen MR) is 66.7 cm³/mol. The zero-order valence-corrected chi connectivity index (χ0v) is 10.4. The molecule has 0 saturated carbocycles. The summed E-state index contributed by atoms with van der Waals surface area (Å²) in [5, 5.41) is 3.36. The van der Waals surface area contributed by atoms with Crippen molar-refractivity contribution in [3.63, 3.8) is 0 Å². The lowest BCUT2D eigenvalue weighted by Crippen LogP contribution is -2.44. The minimum Gasteiger partial charge on any atom is -0.314 e. The maximum atomic E-state index is 4.61. The van der Waals surface area contributed by atoms with E-state index in [1.807, 2.05) is 0 Å². The van der Waals surface area contributed by atoms with Crippen molar-refractivity contribution < 1.29 is 0 Å². The Balaban J connectivity index is 2.13. The first-order chi connectivity index (χ1) is 7.18. The number of hydrogen-bond acceptors (Lipinski definition) is 3. The maximum absolute atomic E-state index is 4.61. The van der Waals surface area contributed by atoms with E-state index in [1.54, 1.807) is 0 Å². The molecule has 0 spiro atoms. The lowest BCUT2D eigenvalue weighted by atomic mass is 10.1. The van der Waals surface area contributed by atoms with Crippen molar-refractivity contribution in [3.05, 3.63) is 0 Å². The molecule has 1 aliphatic rings. The summed E-state index contributed by atoms with van der Waals surface area (Å²) in [6, 6.07) is 0. The molecule has 0 aromatic rings. The molecule has 0 aromatic heterocycles. The van der Waals surface area contributed by atoms with Crippen LogP contribution in [-0.2, 0) is 0 Å². The van der Waals surface area contributed by atoms with Crippen LogP contribution in [-0.4, -0.2) is 49.9 Å². The highest BCUT2D eigenvalue weighted by molar-refractivity contribution is 5.82. The molecule has 1 saturated heterocycles. The first-order valence-electron chi connectivity index (χ1n) is 6.11. The molecule has 0 unspecified atom stereocenters. The smallest absolute Gasteiger partial charge is 0.0516 e. The van der Waals surface area contributed by atoms with Gasteiger partial charge in [0.1, 0.15) is 0 Å². The number of piperazine rings is 1. The molecule has 0 aliphatic carbocycles. The monoisotopic (exact) mass is 211 g/mol. The summed E-state index contributed by atoms with van der Waals surface area (Å²) in [5.41, 5.74) is 1.31. The van der Waals surface area contributed by atoms with E-state index in [1.165, 1.54) is 18.8 Å². The molecule has 1 heterocycles. The normalized spacial score (nSPS) is 19.9. The molecule has 15 heavy (non-hydrogen) atoms. The minimum atomic E-state index is 0.730. The van der Waals surface area contributed by atoms with Crippen LogP contribution in [0.5, 0.6) is 0 Å². The summed E-state index contributed by atoms with van der Waals surface area (Å²) >= 11 is 0. The van der Waals surface area contributed by atoms with E-state index in [-0.39, 0.29) is 0 Å². The first-order valence-corrected chi connectivity index (χ1v) is 6.11. The SMILES string of the molecule is CC(CC(C)C)=NCCN1CCNCC1. The van der Waals surface area contributed by atoms with Gasteiger partial charge in [-0.25, -0.2) is 0 Å². The number of nitrogens with zero attached hydrogens (tertiary/aromatic N) is 2. The fraction of sp³-hybridized carbons (Fsp3) is 0.917. The fourth-order valence-corrected chi connectivity index (χ4v) is 1.97. The standard InChI is InChI=1S/C12H25N3/c1-11(2)10-12(3)14-6-9-15-7-4-13-5-8-15/h11,13H,4-10H2,1-3H3. The second-order valence-corrected chi connectivity index (χ2v) is 4.81. The Kier molecular flexibility index (Phi) is 5.88. The van der Waals surface area contributed by atoms with Gasteiger partial charge in [-0.05, 0) is 19.3 Å². The molecular formula is C12H25N3. The highest BCUT2D eigenvalue weighted by Gasteiger charge is 2.07. The number of rotatable bonds is 5. The first kappa shape index (κ1) is 12.7. The van der Waals surface area contributed by atoms with Crippen molar-refractivity contribution in [3.8, 4) is 0 Å². The molecule has 1 fully saturated rings. The van der Waals surface area contributed by atoms with Crippen LogP contribution in [0, 0.1) is 5.92 Å². The predicted octanol–water partition coefficient (Wildman–Crippen LogP) is 1.40. The topological polar surface area (TPSA) is 27.6 Å². The van der Waals surface area contributed by atoms with Crippen molar-refractivity contribution in [1.29, 1.82) is 0 Å². The second-order valence-electron chi connectivity index (χ2n) is 4.81. The van der Waals surface area contributed by atoms with E-state index >= 15 is 0 Å². The molecule has 0 atom stereocenters. The average Bonchev–Trinajstić information content (AvgIpc) is 2.18. The van der Waals surface area contributed by atoms with Crippen LogP contribution in [0.3, 0.4) is 0 Å². The summed E-state index contributed by atoms with van der Waals surface area (Å²) < 4.78 is 0. The van der Waals surface area contributed by atoms with Crippen molar-refractivity contribution in [1.82, 2.24) is 10.2 Å². The summed E-state index contributed by atoms with van der Waals surface area (Å²) in [6.45, 7) is 13.4. The van der Waals surface area contributed by atoms with Crippen molar-refractivity contribution >= 4 is 5.71 Å². The Morgan fingerprint density at radius 1 is 1.33 bits per heavy atom. The molecule has 3 nitrogen and oxygen atoms in total. The van der Waals surface area contributed by atoms with E-state index < -0.39 is 0 Å². The van der Waals surface area contributed by atoms with Gasteiger partial charge in [0, 0.05) is 38.4 Å². The van der Waals surface area contributed by atoms with Crippen LogP contribution < -0.4 is 5.32 Å². The van der Waals surface area contributed by atoms with Gasteiger partial charge in [-0.3, -0.25) is 9.89 Å². The number of hydrogen-bond donors (Lipinski definition) is 1. The molecule has 0 radical (unpaired) electrons. The van der Waals surface area contributed by atoms with Gasteiger partial charge in [-0.1, -0.05) is 13.8 Å². The molecule has 1 rings (SSSR count). The Morgan fingerprint density at radius 3 is 2.60 bits per heavy atom. The Morgan fingerprint density at radius 2 is 2.00 bits per heavy atom. The van der Waals surface area contributed by atoms with Gasteiger partial charge in [0.25, 0.3) is 0 Å². The van der Waals surface area contributed by atoms with Crippen LogP contribution in [0.25, 0.3) is 0 Å². The van der Waals surface area contributed by atoms with Crippen LogP contribution in [0.15, 0.2) is 4.99 Å². The maximum Gasteiger partial charge on any atom is 0.0516 e. The highest BCUT2D eigenvalue weighted by atomic mass is 15.2. The van der Waals surface area contributed by atoms with Crippen LogP contribution in [0.2, 0.25) is 0 Å².